The molecule has 2 amide bonds. The number of rotatable bonds is 16. The molecule has 0 aromatic carbocycles. The molecule has 1 atom stereocenters. The highest BCUT2D eigenvalue weighted by atomic mass is 32.2. The van der Waals surface area contributed by atoms with Gasteiger partial charge in [-0.15, -0.1) is 0 Å². The van der Waals surface area contributed by atoms with Gasteiger partial charge in [0.1, 0.15) is 0 Å². The van der Waals surface area contributed by atoms with Gasteiger partial charge in [0.2, 0.25) is 11.8 Å². The molecule has 4 N–H and O–H groups in total. The molecule has 0 aliphatic heterocycles. The molecule has 0 aromatic rings. The second-order valence-corrected chi connectivity index (χ2v) is 11.1. The van der Waals surface area contributed by atoms with Crippen LogP contribution in [0, 0.1) is 10.8 Å². The number of carbonyl (C=O) groups is 3. The fourth-order valence-electron chi connectivity index (χ4n) is 2.49. The predicted octanol–water partition coefficient (Wildman–Crippen LogP) is 2.27. The zero-order valence-electron chi connectivity index (χ0n) is 20.1. The topological polar surface area (TPSA) is 117 Å². The molecule has 0 aliphatic rings. The van der Waals surface area contributed by atoms with E-state index >= 15 is 0 Å². The molecule has 0 bridgehead atoms. The van der Waals surface area contributed by atoms with E-state index in [1.165, 1.54) is 0 Å². The van der Waals surface area contributed by atoms with E-state index in [0.717, 1.165) is 12.2 Å². The second-order valence-electron chi connectivity index (χ2n) is 10.1. The van der Waals surface area contributed by atoms with Crippen molar-refractivity contribution in [3.63, 3.8) is 0 Å². The lowest BCUT2D eigenvalue weighted by Crippen LogP contribution is -2.47. The summed E-state index contributed by atoms with van der Waals surface area (Å²) in [6.45, 7) is 14.7. The van der Waals surface area contributed by atoms with Crippen LogP contribution in [0.25, 0.3) is 0 Å². The number of carbonyl (C=O) groups excluding carboxylic acids is 2. The molecule has 0 fully saturated rings. The fraction of sp³-hybridized carbons (Fsp3) is 0.864. The van der Waals surface area contributed by atoms with Crippen molar-refractivity contribution in [3.05, 3.63) is 0 Å². The van der Waals surface area contributed by atoms with E-state index in [1.807, 2.05) is 20.8 Å². The Labute approximate surface area is 192 Å². The standard InChI is InChI=1S/C22H43N3O5S/c1-21(2,3)14-18(26)24-11-13-30-12-7-9-23-17(15-31-16-22(4,5)6)20(29)25-10-8-19(27)28/h17,23H,7-16H2,1-6H3,(H,24,26)(H,25,29)(H,27,28)/t17-/m0/s1. The van der Waals surface area contributed by atoms with E-state index in [9.17, 15) is 14.4 Å². The van der Waals surface area contributed by atoms with Crippen molar-refractivity contribution in [2.24, 2.45) is 10.8 Å². The Hall–Kier alpha value is -1.32. The Balaban J connectivity index is 4.12. The van der Waals surface area contributed by atoms with Gasteiger partial charge in [-0.1, -0.05) is 41.5 Å². The van der Waals surface area contributed by atoms with Gasteiger partial charge in [0.15, 0.2) is 0 Å². The molecule has 0 aliphatic carbocycles. The van der Waals surface area contributed by atoms with Crippen molar-refractivity contribution in [1.82, 2.24) is 16.0 Å². The third-order valence-corrected chi connectivity index (χ3v) is 5.53. The first kappa shape index (κ1) is 29.7. The highest BCUT2D eigenvalue weighted by molar-refractivity contribution is 7.99. The average molecular weight is 462 g/mol. The Bertz CT molecular complexity index is 544. The minimum atomic E-state index is -0.932. The molecule has 31 heavy (non-hydrogen) atoms. The molecule has 0 spiro atoms. The van der Waals surface area contributed by atoms with Crippen LogP contribution in [0.2, 0.25) is 0 Å². The van der Waals surface area contributed by atoms with Gasteiger partial charge in [-0.25, -0.2) is 0 Å². The number of amides is 2. The first-order chi connectivity index (χ1) is 14.3. The van der Waals surface area contributed by atoms with Crippen molar-refractivity contribution in [1.29, 1.82) is 0 Å². The smallest absolute Gasteiger partial charge is 0.305 e. The molecular formula is C22H43N3O5S. The number of nitrogens with one attached hydrogen (secondary N) is 3. The van der Waals surface area contributed by atoms with Crippen LogP contribution in [0.5, 0.6) is 0 Å². The van der Waals surface area contributed by atoms with E-state index in [0.29, 0.717) is 38.5 Å². The van der Waals surface area contributed by atoms with Gasteiger partial charge in [0.05, 0.1) is 19.1 Å². The number of hydrogen-bond acceptors (Lipinski definition) is 6. The average Bonchev–Trinajstić information content (AvgIpc) is 2.59. The van der Waals surface area contributed by atoms with Crippen LogP contribution in [0.15, 0.2) is 0 Å². The minimum Gasteiger partial charge on any atom is -0.481 e. The number of hydrogen-bond donors (Lipinski definition) is 4. The molecule has 0 aromatic heterocycles. The Kier molecular flexibility index (Phi) is 14.8. The number of aliphatic carboxylic acids is 1. The Morgan fingerprint density at radius 1 is 0.935 bits per heavy atom. The second kappa shape index (κ2) is 15.5. The molecule has 8 nitrogen and oxygen atoms in total. The van der Waals surface area contributed by atoms with Gasteiger partial charge in [0.25, 0.3) is 0 Å². The van der Waals surface area contributed by atoms with Crippen molar-refractivity contribution in [2.45, 2.75) is 66.8 Å². The van der Waals surface area contributed by atoms with Crippen molar-refractivity contribution in [3.8, 4) is 0 Å². The lowest BCUT2D eigenvalue weighted by Gasteiger charge is -2.21. The summed E-state index contributed by atoms with van der Waals surface area (Å²) in [5, 5.41) is 17.5. The summed E-state index contributed by atoms with van der Waals surface area (Å²) in [6.07, 6.45) is 1.13. The predicted molar refractivity (Wildman–Crippen MR) is 126 cm³/mol. The third kappa shape index (κ3) is 20.3. The lowest BCUT2D eigenvalue weighted by atomic mass is 9.92. The summed E-state index contributed by atoms with van der Waals surface area (Å²) in [4.78, 5) is 34.8. The molecule has 0 rings (SSSR count). The molecule has 0 heterocycles. The van der Waals surface area contributed by atoms with Gasteiger partial charge in [-0.05, 0) is 29.5 Å². The zero-order valence-corrected chi connectivity index (χ0v) is 21.0. The highest BCUT2D eigenvalue weighted by Gasteiger charge is 2.19. The van der Waals surface area contributed by atoms with Crippen molar-refractivity contribution >= 4 is 29.5 Å². The van der Waals surface area contributed by atoms with Crippen LogP contribution in [-0.2, 0) is 19.1 Å². The van der Waals surface area contributed by atoms with E-state index in [1.54, 1.807) is 11.8 Å². The minimum absolute atomic E-state index is 0.0295. The van der Waals surface area contributed by atoms with Crippen molar-refractivity contribution in [2.75, 3.05) is 44.4 Å². The Morgan fingerprint density at radius 3 is 2.19 bits per heavy atom. The Morgan fingerprint density at radius 2 is 1.61 bits per heavy atom. The first-order valence-corrected chi connectivity index (χ1v) is 12.1. The van der Waals surface area contributed by atoms with Crippen molar-refractivity contribution < 1.29 is 24.2 Å². The number of carboxylic acids is 1. The number of thioether (sulfide) groups is 1. The quantitative estimate of drug-likeness (QED) is 0.261. The van der Waals surface area contributed by atoms with Gasteiger partial charge in [0, 0.05) is 31.9 Å². The summed E-state index contributed by atoms with van der Waals surface area (Å²) < 4.78 is 5.55. The van der Waals surface area contributed by atoms with Gasteiger partial charge in [-0.3, -0.25) is 14.4 Å². The SMILES string of the molecule is CC(C)(C)CSC[C@H](NCCCOCCNC(=O)CC(C)(C)C)C(=O)NCCC(=O)O. The molecule has 9 heteroatoms. The van der Waals surface area contributed by atoms with E-state index in [2.05, 4.69) is 36.7 Å². The van der Waals surface area contributed by atoms with Crippen LogP contribution in [-0.4, -0.2) is 73.3 Å². The summed E-state index contributed by atoms with van der Waals surface area (Å²) >= 11 is 1.71. The summed E-state index contributed by atoms with van der Waals surface area (Å²) in [6, 6.07) is -0.377. The summed E-state index contributed by atoms with van der Waals surface area (Å²) in [5.41, 5.74) is 0.142. The maximum absolute atomic E-state index is 12.4. The van der Waals surface area contributed by atoms with Crippen LogP contribution in [0.4, 0.5) is 0 Å². The largest absolute Gasteiger partial charge is 0.481 e. The molecular weight excluding hydrogens is 418 g/mol. The van der Waals surface area contributed by atoms with E-state index in [-0.39, 0.29) is 41.7 Å². The summed E-state index contributed by atoms with van der Waals surface area (Å²) in [7, 11) is 0. The van der Waals surface area contributed by atoms with Crippen LogP contribution < -0.4 is 16.0 Å². The zero-order chi connectivity index (χ0) is 23.9. The maximum Gasteiger partial charge on any atom is 0.305 e. The third-order valence-electron chi connectivity index (χ3n) is 3.89. The van der Waals surface area contributed by atoms with Crippen LogP contribution in [0.3, 0.4) is 0 Å². The van der Waals surface area contributed by atoms with Crippen LogP contribution >= 0.6 is 11.8 Å². The maximum atomic E-state index is 12.4. The molecule has 0 saturated carbocycles. The van der Waals surface area contributed by atoms with Gasteiger partial charge >= 0.3 is 5.97 Å². The molecule has 0 radical (unpaired) electrons. The van der Waals surface area contributed by atoms with E-state index < -0.39 is 5.97 Å². The summed E-state index contributed by atoms with van der Waals surface area (Å²) in [5.74, 6) is 0.472. The lowest BCUT2D eigenvalue weighted by molar-refractivity contribution is -0.137. The fourth-order valence-corrected chi connectivity index (χ4v) is 3.72. The number of carboxylic acid groups (broad SMARTS) is 1. The van der Waals surface area contributed by atoms with Gasteiger partial charge < -0.3 is 25.8 Å². The number of ether oxygens (including phenoxy) is 1. The molecule has 0 unspecified atom stereocenters. The monoisotopic (exact) mass is 461 g/mol. The van der Waals surface area contributed by atoms with Crippen LogP contribution in [0.1, 0.15) is 60.8 Å². The van der Waals surface area contributed by atoms with Gasteiger partial charge in [-0.2, -0.15) is 11.8 Å². The molecule has 182 valence electrons. The van der Waals surface area contributed by atoms with E-state index in [4.69, 9.17) is 9.84 Å². The normalized spacial score (nSPS) is 13.0. The first-order valence-electron chi connectivity index (χ1n) is 11.0. The molecule has 0 saturated heterocycles. The highest BCUT2D eigenvalue weighted by Crippen LogP contribution is 2.21.